The first-order valence-electron chi connectivity index (χ1n) is 13.0. The van der Waals surface area contributed by atoms with Gasteiger partial charge in [-0.15, -0.1) is 0 Å². The van der Waals surface area contributed by atoms with Gasteiger partial charge in [-0.25, -0.2) is 5.43 Å². The summed E-state index contributed by atoms with van der Waals surface area (Å²) >= 11 is 1.73. The topological polar surface area (TPSA) is 73.8 Å². The number of benzene rings is 5. The van der Waals surface area contributed by atoms with Gasteiger partial charge in [0.25, 0.3) is 11.8 Å². The van der Waals surface area contributed by atoms with Crippen molar-refractivity contribution in [3.8, 4) is 0 Å². The van der Waals surface area contributed by atoms with Crippen LogP contribution >= 0.6 is 11.8 Å². The zero-order valence-corrected chi connectivity index (χ0v) is 22.5. The molecule has 5 aromatic rings. The van der Waals surface area contributed by atoms with Crippen LogP contribution in [0.25, 0.3) is 10.8 Å². The number of hydrogen-bond acceptors (Lipinski definition) is 5. The minimum Gasteiger partial charge on any atom is -0.354 e. The van der Waals surface area contributed by atoms with E-state index in [-0.39, 0.29) is 11.8 Å². The molecule has 0 fully saturated rings. The molecule has 7 heteroatoms. The van der Waals surface area contributed by atoms with E-state index >= 15 is 0 Å². The van der Waals surface area contributed by atoms with E-state index in [1.165, 1.54) is 4.90 Å². The van der Waals surface area contributed by atoms with E-state index in [1.807, 2.05) is 73.7 Å². The number of fused-ring (bicyclic) bond motifs is 2. The third-order valence-corrected chi connectivity index (χ3v) is 8.46. The van der Waals surface area contributed by atoms with Gasteiger partial charge in [0.1, 0.15) is 0 Å². The fraction of sp³-hybridized carbons (Fsp3) is 0.0606. The fourth-order valence-electron chi connectivity index (χ4n) is 5.21. The number of hydrogen-bond donors (Lipinski definition) is 2. The van der Waals surface area contributed by atoms with Gasteiger partial charge in [-0.05, 0) is 72.0 Å². The number of hydrazone groups is 1. The second-order valence-electron chi connectivity index (χ2n) is 9.84. The predicted molar refractivity (Wildman–Crippen MR) is 161 cm³/mol. The Morgan fingerprint density at radius 1 is 0.850 bits per heavy atom. The van der Waals surface area contributed by atoms with Crippen LogP contribution in [0.5, 0.6) is 0 Å². The number of nitrogens with zero attached hydrogens (tertiary/aromatic N) is 2. The third-order valence-electron chi connectivity index (χ3n) is 7.30. The molecule has 0 saturated heterocycles. The highest BCUT2D eigenvalue weighted by Gasteiger charge is 2.29. The lowest BCUT2D eigenvalue weighted by Gasteiger charge is -2.21. The van der Waals surface area contributed by atoms with Crippen LogP contribution in [0.3, 0.4) is 0 Å². The normalized spacial score (nSPS) is 13.6. The summed E-state index contributed by atoms with van der Waals surface area (Å²) in [6.07, 6.45) is 0. The van der Waals surface area contributed by atoms with Gasteiger partial charge in [0.05, 0.1) is 29.3 Å². The molecule has 194 valence electrons. The Hall–Kier alpha value is -4.88. The summed E-state index contributed by atoms with van der Waals surface area (Å²) in [7, 11) is 0. The first-order chi connectivity index (χ1) is 19.5. The van der Waals surface area contributed by atoms with Gasteiger partial charge in [-0.2, -0.15) is 5.10 Å². The minimum atomic E-state index is -0.291. The van der Waals surface area contributed by atoms with Gasteiger partial charge in [-0.1, -0.05) is 66.4 Å². The minimum absolute atomic E-state index is 0.00128. The lowest BCUT2D eigenvalue weighted by atomic mass is 10.1. The van der Waals surface area contributed by atoms with Crippen LogP contribution in [0.1, 0.15) is 38.8 Å². The van der Waals surface area contributed by atoms with Crippen LogP contribution in [-0.2, 0) is 6.54 Å². The highest BCUT2D eigenvalue weighted by Crippen LogP contribution is 2.44. The summed E-state index contributed by atoms with van der Waals surface area (Å²) in [6.45, 7) is 2.31. The molecule has 40 heavy (non-hydrogen) atoms. The molecule has 0 aromatic heterocycles. The molecular weight excluding hydrogens is 516 g/mol. The first kappa shape index (κ1) is 24.2. The van der Waals surface area contributed by atoms with Crippen LogP contribution in [0, 0.1) is 0 Å². The van der Waals surface area contributed by atoms with Gasteiger partial charge < -0.3 is 10.2 Å². The number of para-hydroxylation sites is 1. The maximum atomic E-state index is 13.1. The van der Waals surface area contributed by atoms with Crippen LogP contribution in [0.4, 0.5) is 17.1 Å². The van der Waals surface area contributed by atoms with Crippen LogP contribution in [-0.4, -0.2) is 17.5 Å². The van der Waals surface area contributed by atoms with E-state index in [2.05, 4.69) is 40.1 Å². The number of amides is 2. The van der Waals surface area contributed by atoms with Gasteiger partial charge in [-0.3, -0.25) is 9.59 Å². The maximum absolute atomic E-state index is 13.1. The molecule has 0 atom stereocenters. The van der Waals surface area contributed by atoms with Crippen molar-refractivity contribution in [2.45, 2.75) is 23.3 Å². The highest BCUT2D eigenvalue weighted by molar-refractivity contribution is 7.99. The van der Waals surface area contributed by atoms with Crippen molar-refractivity contribution in [1.29, 1.82) is 0 Å². The summed E-state index contributed by atoms with van der Waals surface area (Å²) in [5, 5.41) is 9.89. The summed E-state index contributed by atoms with van der Waals surface area (Å²) in [6, 6.07) is 33.4. The number of nitrogens with one attached hydrogen (secondary N) is 2. The van der Waals surface area contributed by atoms with Crippen molar-refractivity contribution in [3.63, 3.8) is 0 Å². The lowest BCUT2D eigenvalue weighted by molar-refractivity contribution is 0.0953. The largest absolute Gasteiger partial charge is 0.354 e. The predicted octanol–water partition coefficient (Wildman–Crippen LogP) is 7.36. The van der Waals surface area contributed by atoms with Crippen molar-refractivity contribution < 1.29 is 9.59 Å². The molecule has 2 amide bonds. The molecule has 0 aliphatic carbocycles. The van der Waals surface area contributed by atoms with Crippen molar-refractivity contribution >= 4 is 57.1 Å². The van der Waals surface area contributed by atoms with Crippen molar-refractivity contribution in [2.24, 2.45) is 5.10 Å². The van der Waals surface area contributed by atoms with Crippen molar-refractivity contribution in [1.82, 2.24) is 5.43 Å². The van der Waals surface area contributed by atoms with Crippen LogP contribution < -0.4 is 15.6 Å². The van der Waals surface area contributed by atoms with E-state index < -0.39 is 0 Å². The summed E-state index contributed by atoms with van der Waals surface area (Å²) in [5.41, 5.74) is 9.51. The van der Waals surface area contributed by atoms with E-state index in [9.17, 15) is 9.59 Å². The molecule has 7 rings (SSSR count). The van der Waals surface area contributed by atoms with Gasteiger partial charge in [0, 0.05) is 26.3 Å². The Balaban J connectivity index is 1.03. The molecule has 0 radical (unpaired) electrons. The summed E-state index contributed by atoms with van der Waals surface area (Å²) in [4.78, 5) is 30.1. The van der Waals surface area contributed by atoms with E-state index in [1.54, 1.807) is 28.8 Å². The Kier molecular flexibility index (Phi) is 5.86. The van der Waals surface area contributed by atoms with Gasteiger partial charge in [0.15, 0.2) is 0 Å². The Morgan fingerprint density at radius 3 is 2.45 bits per heavy atom. The molecule has 2 aliphatic heterocycles. The van der Waals surface area contributed by atoms with Gasteiger partial charge in [0.2, 0.25) is 0 Å². The molecule has 6 nitrogen and oxygen atoms in total. The SMILES string of the molecule is C/C(=N/NC(=O)c1ccc(CN2C(=O)c3cccc4cccc2c34)cc1)c1ccc2c(c1)Nc1ccccc1S2. The second kappa shape index (κ2) is 9.70. The van der Waals surface area contributed by atoms with Crippen molar-refractivity contribution in [3.05, 3.63) is 125 Å². The third kappa shape index (κ3) is 4.21. The summed E-state index contributed by atoms with van der Waals surface area (Å²) < 4.78 is 0. The molecule has 2 aliphatic rings. The van der Waals surface area contributed by atoms with Gasteiger partial charge >= 0.3 is 0 Å². The van der Waals surface area contributed by atoms with Crippen LogP contribution in [0.2, 0.25) is 0 Å². The molecule has 0 saturated carbocycles. The number of rotatable bonds is 5. The molecule has 0 spiro atoms. The quantitative estimate of drug-likeness (QED) is 0.177. The number of anilines is 3. The maximum Gasteiger partial charge on any atom is 0.271 e. The van der Waals surface area contributed by atoms with Crippen molar-refractivity contribution in [2.75, 3.05) is 10.2 Å². The summed E-state index contributed by atoms with van der Waals surface area (Å²) in [5.74, 6) is -0.292. The van der Waals surface area contributed by atoms with E-state index in [4.69, 9.17) is 0 Å². The fourth-order valence-corrected chi connectivity index (χ4v) is 6.18. The standard InChI is InChI=1S/C33H24N4O2S/c1-20(24-16-17-30-27(18-24)34-26-9-2-3-11-29(26)40-30)35-36-32(38)23-14-12-21(13-15-23)19-37-28-10-5-7-22-6-4-8-25(31(22)28)33(37)39/h2-18,34H,19H2,1H3,(H,36,38)/b35-20-. The second-order valence-corrected chi connectivity index (χ2v) is 10.9. The lowest BCUT2D eigenvalue weighted by Crippen LogP contribution is -2.26. The highest BCUT2D eigenvalue weighted by atomic mass is 32.2. The molecule has 5 aromatic carbocycles. The molecule has 0 unspecified atom stereocenters. The molecule has 0 bridgehead atoms. The Morgan fingerprint density at radius 2 is 1.60 bits per heavy atom. The average molecular weight is 541 g/mol. The smallest absolute Gasteiger partial charge is 0.271 e. The zero-order chi connectivity index (χ0) is 27.2. The Labute approximate surface area is 235 Å². The van der Waals surface area contributed by atoms with E-state index in [0.29, 0.717) is 17.8 Å². The van der Waals surface area contributed by atoms with Crippen LogP contribution in [0.15, 0.2) is 118 Å². The Bertz CT molecular complexity index is 1860. The monoisotopic (exact) mass is 540 g/mol. The molecular formula is C33H24N4O2S. The molecule has 2 N–H and O–H groups in total. The average Bonchev–Trinajstić information content (AvgIpc) is 3.26. The molecule has 2 heterocycles. The zero-order valence-electron chi connectivity index (χ0n) is 21.6. The van der Waals surface area contributed by atoms with E-state index in [0.717, 1.165) is 49.4 Å². The number of carbonyl (C=O) groups excluding carboxylic acids is 2. The first-order valence-corrected chi connectivity index (χ1v) is 13.8. The number of carbonyl (C=O) groups is 2.